The lowest BCUT2D eigenvalue weighted by Crippen LogP contribution is -2.36. The van der Waals surface area contributed by atoms with Crippen molar-refractivity contribution < 1.29 is 13.2 Å². The number of halogens is 3. The molecule has 0 saturated heterocycles. The molecule has 0 spiro atoms. The Morgan fingerprint density at radius 3 is 2.61 bits per heavy atom. The monoisotopic (exact) mass is 261 g/mol. The van der Waals surface area contributed by atoms with Gasteiger partial charge in [-0.25, -0.2) is 4.98 Å². The molecule has 1 rings (SSSR count). The molecule has 0 aliphatic rings. The lowest BCUT2D eigenvalue weighted by molar-refractivity contribution is -0.119. The molecule has 1 heterocycles. The van der Waals surface area contributed by atoms with Gasteiger partial charge >= 0.3 is 6.18 Å². The first-order valence-electron chi connectivity index (χ1n) is 5.87. The van der Waals surface area contributed by atoms with E-state index in [1.807, 2.05) is 6.92 Å². The molecule has 0 radical (unpaired) electrons. The third kappa shape index (κ3) is 4.18. The average Bonchev–Trinajstić information content (AvgIpc) is 2.26. The van der Waals surface area contributed by atoms with Crippen molar-refractivity contribution in [3.63, 3.8) is 0 Å². The van der Waals surface area contributed by atoms with Crippen molar-refractivity contribution >= 4 is 5.82 Å². The molecule has 1 aromatic rings. The van der Waals surface area contributed by atoms with E-state index >= 15 is 0 Å². The fraction of sp³-hybridized carbons (Fsp3) is 0.583. The van der Waals surface area contributed by atoms with Gasteiger partial charge in [0.1, 0.15) is 12.4 Å². The van der Waals surface area contributed by atoms with Crippen LogP contribution in [0.25, 0.3) is 0 Å². The number of nitrogens with zero attached hydrogens (tertiary/aromatic N) is 2. The zero-order valence-electron chi connectivity index (χ0n) is 10.5. The molecular formula is C12H18F3N3. The number of hydrogen-bond acceptors (Lipinski definition) is 3. The molecule has 3 nitrogen and oxygen atoms in total. The lowest BCUT2D eigenvalue weighted by atomic mass is 10.1. The summed E-state index contributed by atoms with van der Waals surface area (Å²) in [5, 5.41) is 0. The van der Waals surface area contributed by atoms with Crippen LogP contribution in [0.1, 0.15) is 31.9 Å². The van der Waals surface area contributed by atoms with E-state index in [2.05, 4.69) is 4.98 Å². The summed E-state index contributed by atoms with van der Waals surface area (Å²) in [7, 11) is 0. The van der Waals surface area contributed by atoms with Crippen molar-refractivity contribution in [3.8, 4) is 0 Å². The van der Waals surface area contributed by atoms with Gasteiger partial charge in [0.2, 0.25) is 0 Å². The van der Waals surface area contributed by atoms with Crippen molar-refractivity contribution in [1.82, 2.24) is 4.98 Å². The maximum Gasteiger partial charge on any atom is 0.405 e. The SMILES string of the molecule is CCCN(CC(F)(F)F)c1ncccc1C(C)N. The van der Waals surface area contributed by atoms with Gasteiger partial charge in [-0.05, 0) is 19.4 Å². The summed E-state index contributed by atoms with van der Waals surface area (Å²) in [5.74, 6) is 0.326. The smallest absolute Gasteiger partial charge is 0.347 e. The van der Waals surface area contributed by atoms with Crippen LogP contribution >= 0.6 is 0 Å². The van der Waals surface area contributed by atoms with Crippen LogP contribution in [0.5, 0.6) is 0 Å². The minimum atomic E-state index is -4.25. The van der Waals surface area contributed by atoms with E-state index in [-0.39, 0.29) is 6.04 Å². The zero-order valence-corrected chi connectivity index (χ0v) is 10.5. The Hall–Kier alpha value is -1.30. The summed E-state index contributed by atoms with van der Waals surface area (Å²) in [4.78, 5) is 5.28. The average molecular weight is 261 g/mol. The summed E-state index contributed by atoms with van der Waals surface area (Å²) in [6.45, 7) is 2.86. The van der Waals surface area contributed by atoms with Gasteiger partial charge in [-0.3, -0.25) is 0 Å². The highest BCUT2D eigenvalue weighted by atomic mass is 19.4. The number of rotatable bonds is 5. The number of nitrogens with two attached hydrogens (primary N) is 1. The number of anilines is 1. The van der Waals surface area contributed by atoms with Gasteiger partial charge in [-0.2, -0.15) is 13.2 Å². The van der Waals surface area contributed by atoms with Gasteiger partial charge in [0, 0.05) is 24.3 Å². The molecular weight excluding hydrogens is 243 g/mol. The van der Waals surface area contributed by atoms with Gasteiger partial charge in [0.05, 0.1) is 0 Å². The molecule has 0 fully saturated rings. The maximum absolute atomic E-state index is 12.5. The Morgan fingerprint density at radius 2 is 2.11 bits per heavy atom. The topological polar surface area (TPSA) is 42.2 Å². The van der Waals surface area contributed by atoms with Crippen molar-refractivity contribution in [2.45, 2.75) is 32.5 Å². The summed E-state index contributed by atoms with van der Waals surface area (Å²) in [6, 6.07) is 3.05. The third-order valence-corrected chi connectivity index (χ3v) is 2.47. The number of pyridine rings is 1. The molecule has 6 heteroatoms. The molecule has 0 bridgehead atoms. The van der Waals surface area contributed by atoms with Crippen LogP contribution < -0.4 is 10.6 Å². The van der Waals surface area contributed by atoms with Crippen LogP contribution in [0.4, 0.5) is 19.0 Å². The quantitative estimate of drug-likeness (QED) is 0.886. The van der Waals surface area contributed by atoms with Crippen LogP contribution in [0.3, 0.4) is 0 Å². The van der Waals surface area contributed by atoms with Gasteiger partial charge < -0.3 is 10.6 Å². The van der Waals surface area contributed by atoms with Crippen LogP contribution in [-0.4, -0.2) is 24.2 Å². The lowest BCUT2D eigenvalue weighted by Gasteiger charge is -2.27. The fourth-order valence-electron chi connectivity index (χ4n) is 1.78. The molecule has 2 N–H and O–H groups in total. The highest BCUT2D eigenvalue weighted by molar-refractivity contribution is 5.48. The van der Waals surface area contributed by atoms with E-state index in [9.17, 15) is 13.2 Å². The minimum Gasteiger partial charge on any atom is -0.347 e. The predicted octanol–water partition coefficient (Wildman–Crippen LogP) is 2.88. The van der Waals surface area contributed by atoms with E-state index in [0.29, 0.717) is 24.3 Å². The molecule has 102 valence electrons. The second-order valence-electron chi connectivity index (χ2n) is 4.24. The molecule has 1 aromatic heterocycles. The highest BCUT2D eigenvalue weighted by Crippen LogP contribution is 2.26. The van der Waals surface area contributed by atoms with Gasteiger partial charge in [0.25, 0.3) is 0 Å². The second kappa shape index (κ2) is 6.04. The molecule has 0 aliphatic heterocycles. The van der Waals surface area contributed by atoms with E-state index in [1.54, 1.807) is 19.1 Å². The Balaban J connectivity index is 3.05. The Bertz CT molecular complexity index is 377. The van der Waals surface area contributed by atoms with Gasteiger partial charge in [-0.15, -0.1) is 0 Å². The normalized spacial score (nSPS) is 13.4. The standard InChI is InChI=1S/C12H18F3N3/c1-3-7-18(8-12(13,14)15)11-10(9(2)16)5-4-6-17-11/h4-6,9H,3,7-8,16H2,1-2H3. The van der Waals surface area contributed by atoms with Crippen LogP contribution in [-0.2, 0) is 0 Å². The first-order valence-corrected chi connectivity index (χ1v) is 5.87. The van der Waals surface area contributed by atoms with E-state index in [1.165, 1.54) is 11.1 Å². The third-order valence-electron chi connectivity index (χ3n) is 2.47. The van der Waals surface area contributed by atoms with Gasteiger partial charge in [-0.1, -0.05) is 13.0 Å². The molecule has 18 heavy (non-hydrogen) atoms. The summed E-state index contributed by atoms with van der Waals surface area (Å²) in [6.07, 6.45) is -2.15. The molecule has 0 aliphatic carbocycles. The largest absolute Gasteiger partial charge is 0.405 e. The van der Waals surface area contributed by atoms with Gasteiger partial charge in [0.15, 0.2) is 0 Å². The number of hydrogen-bond donors (Lipinski definition) is 1. The predicted molar refractivity (Wildman–Crippen MR) is 65.4 cm³/mol. The summed E-state index contributed by atoms with van der Waals surface area (Å²) in [5.41, 5.74) is 6.40. The second-order valence-corrected chi connectivity index (χ2v) is 4.24. The van der Waals surface area contributed by atoms with E-state index in [4.69, 9.17) is 5.73 Å². The molecule has 1 unspecified atom stereocenters. The fourth-order valence-corrected chi connectivity index (χ4v) is 1.78. The minimum absolute atomic E-state index is 0.302. The number of aromatic nitrogens is 1. The van der Waals surface area contributed by atoms with Crippen LogP contribution in [0, 0.1) is 0 Å². The summed E-state index contributed by atoms with van der Waals surface area (Å²) >= 11 is 0. The van der Waals surface area contributed by atoms with Crippen molar-refractivity contribution in [2.24, 2.45) is 5.73 Å². The van der Waals surface area contributed by atoms with Crippen molar-refractivity contribution in [1.29, 1.82) is 0 Å². The first-order chi connectivity index (χ1) is 8.35. The number of alkyl halides is 3. The Kier molecular flexibility index (Phi) is 4.95. The Morgan fingerprint density at radius 1 is 1.44 bits per heavy atom. The highest BCUT2D eigenvalue weighted by Gasteiger charge is 2.32. The van der Waals surface area contributed by atoms with Crippen molar-refractivity contribution in [2.75, 3.05) is 18.0 Å². The molecule has 0 amide bonds. The summed E-state index contributed by atoms with van der Waals surface area (Å²) < 4.78 is 37.6. The van der Waals surface area contributed by atoms with E-state index in [0.717, 1.165) is 0 Å². The Labute approximate surface area is 105 Å². The van der Waals surface area contributed by atoms with Crippen LogP contribution in [0.15, 0.2) is 18.3 Å². The maximum atomic E-state index is 12.5. The zero-order chi connectivity index (χ0) is 13.8. The first kappa shape index (κ1) is 14.8. The molecule has 0 saturated carbocycles. The molecule has 1 atom stereocenters. The molecule has 0 aromatic carbocycles. The van der Waals surface area contributed by atoms with Crippen LogP contribution in [0.2, 0.25) is 0 Å². The van der Waals surface area contributed by atoms with Crippen molar-refractivity contribution in [3.05, 3.63) is 23.9 Å². The van der Waals surface area contributed by atoms with E-state index < -0.39 is 12.7 Å².